The van der Waals surface area contributed by atoms with E-state index >= 15 is 0 Å². The van der Waals surface area contributed by atoms with Gasteiger partial charge in [-0.1, -0.05) is 30.3 Å². The Morgan fingerprint density at radius 2 is 1.82 bits per heavy atom. The molecule has 1 amide bonds. The van der Waals surface area contributed by atoms with Crippen LogP contribution in [0.1, 0.15) is 53.0 Å². The van der Waals surface area contributed by atoms with Gasteiger partial charge in [0, 0.05) is 54.4 Å². The van der Waals surface area contributed by atoms with E-state index in [-0.39, 0.29) is 5.91 Å². The fourth-order valence-electron chi connectivity index (χ4n) is 6.14. The largest absolute Gasteiger partial charge is 0.333 e. The lowest BCUT2D eigenvalue weighted by atomic mass is 9.85. The van der Waals surface area contributed by atoms with Crippen LogP contribution < -0.4 is 0 Å². The third-order valence-electron chi connectivity index (χ3n) is 7.81. The van der Waals surface area contributed by atoms with Crippen molar-refractivity contribution in [3.05, 3.63) is 95.8 Å². The number of rotatable bonds is 5. The highest BCUT2D eigenvalue weighted by Crippen LogP contribution is 2.41. The summed E-state index contributed by atoms with van der Waals surface area (Å²) in [4.78, 5) is 24.6. The van der Waals surface area contributed by atoms with Crippen LogP contribution in [0.2, 0.25) is 0 Å². The average Bonchev–Trinajstić information content (AvgIpc) is 3.38. The summed E-state index contributed by atoms with van der Waals surface area (Å²) in [6, 6.07) is 17.6. The third-order valence-corrected chi connectivity index (χ3v) is 7.81. The van der Waals surface area contributed by atoms with Crippen LogP contribution in [0.25, 0.3) is 10.8 Å². The second kappa shape index (κ2) is 8.71. The molecule has 2 aromatic heterocycles. The first-order valence-electron chi connectivity index (χ1n) is 12.4. The highest BCUT2D eigenvalue weighted by Gasteiger charge is 2.43. The summed E-state index contributed by atoms with van der Waals surface area (Å²) in [7, 11) is 0. The molecule has 2 unspecified atom stereocenters. The first-order chi connectivity index (χ1) is 16.7. The molecular formula is C29H30N4O. The van der Waals surface area contributed by atoms with Gasteiger partial charge < -0.3 is 9.47 Å². The van der Waals surface area contributed by atoms with E-state index in [2.05, 4.69) is 49.8 Å². The van der Waals surface area contributed by atoms with Gasteiger partial charge in [-0.25, -0.2) is 4.98 Å². The third kappa shape index (κ3) is 3.89. The van der Waals surface area contributed by atoms with Gasteiger partial charge in [0.25, 0.3) is 5.91 Å². The molecule has 172 valence electrons. The number of benzene rings is 2. The number of fused-ring (bicyclic) bond motifs is 3. The number of amides is 1. The number of carbonyl (C=O) groups excluding carboxylic acids is 1. The Kier molecular flexibility index (Phi) is 5.40. The minimum absolute atomic E-state index is 0.205. The topological polar surface area (TPSA) is 51.0 Å². The van der Waals surface area contributed by atoms with Crippen molar-refractivity contribution < 1.29 is 4.79 Å². The van der Waals surface area contributed by atoms with E-state index in [1.807, 2.05) is 49.9 Å². The number of nitrogens with zero attached hydrogens (tertiary/aromatic N) is 4. The second-order valence-corrected chi connectivity index (χ2v) is 9.96. The van der Waals surface area contributed by atoms with E-state index in [0.717, 1.165) is 49.1 Å². The predicted octanol–water partition coefficient (Wildman–Crippen LogP) is 5.41. The number of aryl methyl sites for hydroxylation is 1. The summed E-state index contributed by atoms with van der Waals surface area (Å²) in [5, 5.41) is 2.45. The summed E-state index contributed by atoms with van der Waals surface area (Å²) in [6.07, 6.45) is 13.1. The van der Waals surface area contributed by atoms with Crippen molar-refractivity contribution in [3.63, 3.8) is 0 Å². The highest BCUT2D eigenvalue weighted by molar-refractivity contribution is 5.96. The van der Waals surface area contributed by atoms with E-state index in [1.54, 1.807) is 0 Å². The molecule has 4 aromatic rings. The summed E-state index contributed by atoms with van der Waals surface area (Å²) in [6.45, 7) is 2.68. The average molecular weight is 451 g/mol. The standard InChI is InChI=1S/C29H30N4O/c1-20-31-12-13-32(20)19-24-4-2-3-5-28(24)29(34)33-26-8-9-27(33)17-22(16-26)14-21-6-7-23-10-11-30-18-25(23)15-21/h2-7,10-13,15,18,22,26-27H,8-9,14,16-17,19H2,1H3. The fourth-order valence-corrected chi connectivity index (χ4v) is 6.14. The van der Waals surface area contributed by atoms with Crippen LogP contribution >= 0.6 is 0 Å². The lowest BCUT2D eigenvalue weighted by molar-refractivity contribution is 0.0523. The van der Waals surface area contributed by atoms with E-state index < -0.39 is 0 Å². The molecule has 0 spiro atoms. The Morgan fingerprint density at radius 3 is 2.62 bits per heavy atom. The zero-order valence-electron chi connectivity index (χ0n) is 19.6. The van der Waals surface area contributed by atoms with E-state index in [0.29, 0.717) is 24.5 Å². The monoisotopic (exact) mass is 450 g/mol. The van der Waals surface area contributed by atoms with Gasteiger partial charge in [-0.2, -0.15) is 0 Å². The molecular weight excluding hydrogens is 420 g/mol. The molecule has 0 saturated carbocycles. The van der Waals surface area contributed by atoms with Gasteiger partial charge in [0.1, 0.15) is 5.82 Å². The van der Waals surface area contributed by atoms with Crippen molar-refractivity contribution in [1.82, 2.24) is 19.4 Å². The molecule has 34 heavy (non-hydrogen) atoms. The summed E-state index contributed by atoms with van der Waals surface area (Å²) in [5.74, 6) is 1.79. The number of piperidine rings is 1. The molecule has 2 saturated heterocycles. The van der Waals surface area contributed by atoms with Crippen molar-refractivity contribution in [3.8, 4) is 0 Å². The number of hydrogen-bond acceptors (Lipinski definition) is 3. The summed E-state index contributed by atoms with van der Waals surface area (Å²) < 4.78 is 2.10. The maximum atomic E-state index is 13.8. The normalized spacial score (nSPS) is 21.8. The Bertz CT molecular complexity index is 1330. The van der Waals surface area contributed by atoms with Gasteiger partial charge >= 0.3 is 0 Å². The first-order valence-corrected chi connectivity index (χ1v) is 12.4. The quantitative estimate of drug-likeness (QED) is 0.408. The van der Waals surface area contributed by atoms with Crippen LogP contribution in [0.5, 0.6) is 0 Å². The molecule has 2 atom stereocenters. The van der Waals surface area contributed by atoms with Crippen LogP contribution in [-0.2, 0) is 13.0 Å². The van der Waals surface area contributed by atoms with Gasteiger partial charge in [-0.05, 0) is 79.7 Å². The van der Waals surface area contributed by atoms with Crippen LogP contribution in [0.4, 0.5) is 0 Å². The predicted molar refractivity (Wildman–Crippen MR) is 134 cm³/mol. The van der Waals surface area contributed by atoms with E-state index in [4.69, 9.17) is 0 Å². The maximum absolute atomic E-state index is 13.8. The lowest BCUT2D eigenvalue weighted by Crippen LogP contribution is -2.47. The van der Waals surface area contributed by atoms with Crippen molar-refractivity contribution in [2.24, 2.45) is 5.92 Å². The van der Waals surface area contributed by atoms with Crippen LogP contribution in [0.15, 0.2) is 73.3 Å². The van der Waals surface area contributed by atoms with E-state index in [9.17, 15) is 4.79 Å². The summed E-state index contributed by atoms with van der Waals surface area (Å²) >= 11 is 0. The molecule has 4 heterocycles. The zero-order chi connectivity index (χ0) is 23.1. The van der Waals surface area contributed by atoms with Crippen molar-refractivity contribution >= 4 is 16.7 Å². The molecule has 2 fully saturated rings. The second-order valence-electron chi connectivity index (χ2n) is 9.96. The minimum Gasteiger partial charge on any atom is -0.333 e. The Balaban J connectivity index is 1.19. The van der Waals surface area contributed by atoms with Gasteiger partial charge in [-0.15, -0.1) is 0 Å². The molecule has 2 aliphatic heterocycles. The van der Waals surface area contributed by atoms with Gasteiger partial charge in [0.2, 0.25) is 0 Å². The Morgan fingerprint density at radius 1 is 1.00 bits per heavy atom. The molecule has 0 N–H and O–H groups in total. The number of hydrogen-bond donors (Lipinski definition) is 0. The fraction of sp³-hybridized carbons (Fsp3) is 0.345. The maximum Gasteiger partial charge on any atom is 0.254 e. The molecule has 5 heteroatoms. The van der Waals surface area contributed by atoms with Crippen LogP contribution in [0, 0.1) is 12.8 Å². The van der Waals surface area contributed by atoms with Gasteiger partial charge in [0.15, 0.2) is 0 Å². The smallest absolute Gasteiger partial charge is 0.254 e. The molecule has 0 aliphatic carbocycles. The van der Waals surface area contributed by atoms with Crippen LogP contribution in [-0.4, -0.2) is 37.4 Å². The first kappa shape index (κ1) is 21.1. The highest BCUT2D eigenvalue weighted by atomic mass is 16.2. The SMILES string of the molecule is Cc1nccn1Cc1ccccc1C(=O)N1C2CCC1CC(Cc1ccc3ccncc3c1)C2. The number of imidazole rings is 1. The molecule has 2 aromatic carbocycles. The molecule has 2 bridgehead atoms. The van der Waals surface area contributed by atoms with Gasteiger partial charge in [-0.3, -0.25) is 9.78 Å². The van der Waals surface area contributed by atoms with Crippen LogP contribution in [0.3, 0.4) is 0 Å². The number of aromatic nitrogens is 3. The van der Waals surface area contributed by atoms with E-state index in [1.165, 1.54) is 16.3 Å². The van der Waals surface area contributed by atoms with Crippen molar-refractivity contribution in [1.29, 1.82) is 0 Å². The van der Waals surface area contributed by atoms with Gasteiger partial charge in [0.05, 0.1) is 0 Å². The van der Waals surface area contributed by atoms with Crippen molar-refractivity contribution in [2.45, 2.75) is 57.7 Å². The molecule has 5 nitrogen and oxygen atoms in total. The van der Waals surface area contributed by atoms with Crippen molar-refractivity contribution in [2.75, 3.05) is 0 Å². The molecule has 0 radical (unpaired) electrons. The Hall–Kier alpha value is -3.47. The lowest BCUT2D eigenvalue weighted by Gasteiger charge is -2.39. The Labute approximate surface area is 200 Å². The zero-order valence-corrected chi connectivity index (χ0v) is 19.6. The summed E-state index contributed by atoms with van der Waals surface area (Å²) in [5.41, 5.74) is 3.29. The molecule has 6 rings (SSSR count). The number of pyridine rings is 1. The minimum atomic E-state index is 0.205. The number of carbonyl (C=O) groups is 1. The molecule has 2 aliphatic rings.